The lowest BCUT2D eigenvalue weighted by Crippen LogP contribution is -2.47. The third-order valence-corrected chi connectivity index (χ3v) is 5.78. The number of carbonyl (C=O) groups excluding carboxylic acids is 2. The van der Waals surface area contributed by atoms with E-state index in [0.717, 1.165) is 39.3 Å². The summed E-state index contributed by atoms with van der Waals surface area (Å²) in [5.41, 5.74) is 1.74. The zero-order valence-electron chi connectivity index (χ0n) is 18.6. The van der Waals surface area contributed by atoms with Gasteiger partial charge in [0.25, 0.3) is 11.8 Å². The molecule has 1 aliphatic rings. The highest BCUT2D eigenvalue weighted by Crippen LogP contribution is 2.55. The Kier molecular flexibility index (Phi) is 5.95. The maximum Gasteiger partial charge on any atom is 0.417 e. The highest BCUT2D eigenvalue weighted by molar-refractivity contribution is 5.97. The van der Waals surface area contributed by atoms with Crippen LogP contribution < -0.4 is 15.8 Å². The summed E-state index contributed by atoms with van der Waals surface area (Å²) >= 11 is 0. The van der Waals surface area contributed by atoms with Gasteiger partial charge >= 0.3 is 6.18 Å². The van der Waals surface area contributed by atoms with Crippen LogP contribution in [-0.4, -0.2) is 41.8 Å². The second-order valence-corrected chi connectivity index (χ2v) is 7.65. The molecule has 1 saturated heterocycles. The van der Waals surface area contributed by atoms with Crippen molar-refractivity contribution in [2.45, 2.75) is 37.6 Å². The SMILES string of the molecule is [2H]c1cc([C@H]2[C@@H](C(=O)Nc3ccnc(C(N)=O)c3)O[C@@](C)(C(F)(F)F)[C@H]2C)c(OC)c(F)c1F. The Hall–Kier alpha value is -3.28. The molecule has 33 heavy (non-hydrogen) atoms. The van der Waals surface area contributed by atoms with E-state index in [2.05, 4.69) is 10.3 Å². The predicted molar refractivity (Wildman–Crippen MR) is 106 cm³/mol. The third-order valence-electron chi connectivity index (χ3n) is 5.78. The molecule has 7 nitrogen and oxygen atoms in total. The molecule has 2 aromatic rings. The van der Waals surface area contributed by atoms with Gasteiger partial charge in [0.2, 0.25) is 5.82 Å². The maximum absolute atomic E-state index is 14.5. The summed E-state index contributed by atoms with van der Waals surface area (Å²) in [7, 11) is 0.978. The molecule has 0 unspecified atom stereocenters. The highest BCUT2D eigenvalue weighted by atomic mass is 19.4. The van der Waals surface area contributed by atoms with Crippen molar-refractivity contribution in [3.63, 3.8) is 0 Å². The van der Waals surface area contributed by atoms with E-state index in [1.54, 1.807) is 0 Å². The van der Waals surface area contributed by atoms with Crippen molar-refractivity contribution >= 4 is 17.5 Å². The van der Waals surface area contributed by atoms with Crippen molar-refractivity contribution in [2.24, 2.45) is 11.7 Å². The van der Waals surface area contributed by atoms with Crippen LogP contribution in [0.2, 0.25) is 0 Å². The summed E-state index contributed by atoms with van der Waals surface area (Å²) in [5, 5.41) is 2.33. The maximum atomic E-state index is 14.5. The fraction of sp³-hybridized carbons (Fsp3) is 0.381. The van der Waals surface area contributed by atoms with E-state index < -0.39 is 65.0 Å². The molecule has 2 amide bonds. The number of nitrogens with one attached hydrogen (secondary N) is 1. The normalized spacial score (nSPS) is 25.5. The first-order valence-electron chi connectivity index (χ1n) is 10.1. The molecule has 1 aromatic heterocycles. The van der Waals surface area contributed by atoms with E-state index >= 15 is 0 Å². The summed E-state index contributed by atoms with van der Waals surface area (Å²) in [6, 6.07) is 2.25. The van der Waals surface area contributed by atoms with Gasteiger partial charge in [-0.05, 0) is 25.1 Å². The number of hydrogen-bond acceptors (Lipinski definition) is 5. The Labute approximate surface area is 186 Å². The predicted octanol–water partition coefficient (Wildman–Crippen LogP) is 3.55. The Balaban J connectivity index is 2.12. The van der Waals surface area contributed by atoms with Crippen molar-refractivity contribution in [2.75, 3.05) is 12.4 Å². The second kappa shape index (κ2) is 8.58. The molecule has 2 heterocycles. The summed E-state index contributed by atoms with van der Waals surface area (Å²) in [4.78, 5) is 28.1. The van der Waals surface area contributed by atoms with Gasteiger partial charge < -0.3 is 20.5 Å². The fourth-order valence-electron chi connectivity index (χ4n) is 3.83. The van der Waals surface area contributed by atoms with Crippen LogP contribution in [0.4, 0.5) is 27.6 Å². The number of primary amides is 1. The van der Waals surface area contributed by atoms with Crippen molar-refractivity contribution in [3.05, 3.63) is 53.3 Å². The Bertz CT molecular complexity index is 1150. The Morgan fingerprint density at radius 2 is 2.00 bits per heavy atom. The van der Waals surface area contributed by atoms with Gasteiger partial charge in [-0.2, -0.15) is 17.6 Å². The van der Waals surface area contributed by atoms with Gasteiger partial charge in [0.05, 0.1) is 8.48 Å². The number of carbonyl (C=O) groups is 2. The zero-order chi connectivity index (χ0) is 25.6. The van der Waals surface area contributed by atoms with Gasteiger partial charge in [0, 0.05) is 29.3 Å². The molecule has 1 aliphatic heterocycles. The number of rotatable bonds is 5. The lowest BCUT2D eigenvalue weighted by molar-refractivity contribution is -0.272. The van der Waals surface area contributed by atoms with Crippen LogP contribution in [0.5, 0.6) is 5.75 Å². The van der Waals surface area contributed by atoms with Crippen LogP contribution in [0.3, 0.4) is 0 Å². The van der Waals surface area contributed by atoms with Gasteiger partial charge in [-0.25, -0.2) is 4.39 Å². The summed E-state index contributed by atoms with van der Waals surface area (Å²) < 4.78 is 88.2. The molecule has 1 fully saturated rings. The van der Waals surface area contributed by atoms with Gasteiger partial charge in [-0.15, -0.1) is 0 Å². The van der Waals surface area contributed by atoms with Crippen LogP contribution in [0.1, 0.15) is 37.2 Å². The molecule has 1 aromatic carbocycles. The monoisotopic (exact) mass is 474 g/mol. The van der Waals surface area contributed by atoms with Crippen molar-refractivity contribution in [3.8, 4) is 5.75 Å². The van der Waals surface area contributed by atoms with Gasteiger partial charge in [0.1, 0.15) is 11.8 Å². The number of methoxy groups -OCH3 is 1. The molecule has 3 rings (SSSR count). The summed E-state index contributed by atoms with van der Waals surface area (Å²) in [6.45, 7) is 1.89. The van der Waals surface area contributed by atoms with E-state index in [-0.39, 0.29) is 16.9 Å². The number of nitrogens with zero attached hydrogens (tertiary/aromatic N) is 1. The quantitative estimate of drug-likeness (QED) is 0.646. The van der Waals surface area contributed by atoms with Crippen LogP contribution in [0, 0.1) is 17.6 Å². The molecule has 3 N–H and O–H groups in total. The third kappa shape index (κ3) is 4.22. The van der Waals surface area contributed by atoms with Crippen molar-refractivity contribution in [1.82, 2.24) is 4.98 Å². The number of hydrogen-bond donors (Lipinski definition) is 2. The molecule has 0 saturated carbocycles. The molecule has 0 aliphatic carbocycles. The number of benzene rings is 1. The van der Waals surface area contributed by atoms with Gasteiger partial charge in [-0.3, -0.25) is 14.6 Å². The molecule has 178 valence electrons. The first-order valence-corrected chi connectivity index (χ1v) is 9.56. The summed E-state index contributed by atoms with van der Waals surface area (Å²) in [6.07, 6.45) is -5.65. The van der Waals surface area contributed by atoms with E-state index in [0.29, 0.717) is 0 Å². The number of ether oxygens (including phenoxy) is 2. The Morgan fingerprint density at radius 3 is 2.58 bits per heavy atom. The number of halogens is 5. The molecule has 12 heteroatoms. The van der Waals surface area contributed by atoms with E-state index in [4.69, 9.17) is 16.6 Å². The van der Waals surface area contributed by atoms with Gasteiger partial charge in [0.15, 0.2) is 17.2 Å². The minimum absolute atomic E-state index is 0.0113. The van der Waals surface area contributed by atoms with Crippen LogP contribution in [0.15, 0.2) is 30.4 Å². The molecular formula is C21H20F5N3O4. The zero-order valence-corrected chi connectivity index (χ0v) is 17.6. The molecule has 4 atom stereocenters. The minimum atomic E-state index is -4.94. The Morgan fingerprint density at radius 1 is 1.33 bits per heavy atom. The standard InChI is InChI=1S/C21H20F5N3O4/c1-9-14(11-4-5-12(22)15(23)16(11)32-3)17(33-20(9,2)21(24,25)26)19(31)29-10-6-7-28-13(8-10)18(27)30/h4-9,14,17H,1-3H3,(H2,27,30)(H,28,29,31)/t9-,14-,17-,20+/m0/s1/i5D. The molecular weight excluding hydrogens is 453 g/mol. The number of aromatic nitrogens is 1. The number of alkyl halides is 3. The first-order chi connectivity index (χ1) is 15.7. The van der Waals surface area contributed by atoms with Crippen molar-refractivity contribution < 1.29 is 42.4 Å². The average Bonchev–Trinajstić information content (AvgIpc) is 3.04. The largest absolute Gasteiger partial charge is 0.493 e. The molecule has 0 radical (unpaired) electrons. The molecule has 0 bridgehead atoms. The van der Waals surface area contributed by atoms with Gasteiger partial charge in [-0.1, -0.05) is 13.0 Å². The van der Waals surface area contributed by atoms with E-state index in [9.17, 15) is 31.5 Å². The minimum Gasteiger partial charge on any atom is -0.493 e. The number of nitrogens with two attached hydrogens (primary N) is 1. The second-order valence-electron chi connectivity index (χ2n) is 7.65. The van der Waals surface area contributed by atoms with E-state index in [1.165, 1.54) is 6.07 Å². The van der Waals surface area contributed by atoms with Crippen molar-refractivity contribution in [1.29, 1.82) is 0 Å². The lowest BCUT2D eigenvalue weighted by Gasteiger charge is -2.32. The van der Waals surface area contributed by atoms with Crippen LogP contribution >= 0.6 is 0 Å². The topological polar surface area (TPSA) is 104 Å². The molecule has 0 spiro atoms. The smallest absolute Gasteiger partial charge is 0.417 e. The first kappa shape index (κ1) is 22.9. The van der Waals surface area contributed by atoms with Crippen LogP contribution in [0.25, 0.3) is 0 Å². The fourth-order valence-corrected chi connectivity index (χ4v) is 3.83. The number of anilines is 1. The average molecular weight is 474 g/mol. The van der Waals surface area contributed by atoms with Crippen LogP contribution in [-0.2, 0) is 9.53 Å². The highest BCUT2D eigenvalue weighted by Gasteiger charge is 2.65. The number of amides is 2. The number of pyridine rings is 1. The van der Waals surface area contributed by atoms with E-state index in [1.807, 2.05) is 0 Å². The lowest BCUT2D eigenvalue weighted by atomic mass is 9.77. The summed E-state index contributed by atoms with van der Waals surface area (Å²) in [5.74, 6) is -8.81.